The molecule has 0 N–H and O–H groups in total. The van der Waals surface area contributed by atoms with Crippen LogP contribution in [0.2, 0.25) is 0 Å². The van der Waals surface area contributed by atoms with Gasteiger partial charge in [0, 0.05) is 0 Å². The fraction of sp³-hybridized carbons (Fsp3) is 0.955. The smallest absolute Gasteiger partial charge is 0.319 e. The molecule has 1 atom stereocenters. The van der Waals surface area contributed by atoms with Gasteiger partial charge in [0.15, 0.2) is 0 Å². The lowest BCUT2D eigenvalue weighted by Crippen LogP contribution is -2.28. The Bertz CT molecular complexity index is 324. The maximum absolute atomic E-state index is 11.8. The molecule has 148 valence electrons. The summed E-state index contributed by atoms with van der Waals surface area (Å²) in [6.07, 6.45) is 21.1. The molecule has 2 nitrogen and oxygen atoms in total. The Kier molecular flexibility index (Phi) is 13.8. The summed E-state index contributed by atoms with van der Waals surface area (Å²) < 4.78 is 5.61. The number of alkyl halides is 1. The Balaban J connectivity index is 1.93. The van der Waals surface area contributed by atoms with Crippen LogP contribution in [0.4, 0.5) is 0 Å². The quantitative estimate of drug-likeness (QED) is 0.165. The molecule has 0 saturated heterocycles. The highest BCUT2D eigenvalue weighted by Crippen LogP contribution is 2.30. The normalized spacial score (nSPS) is 21.9. The monoisotopic (exact) mass is 416 g/mol. The molecular formula is C22H41BrO2. The highest BCUT2D eigenvalue weighted by atomic mass is 79.9. The number of carbonyl (C=O) groups is 1. The Hall–Kier alpha value is -0.0500. The summed E-state index contributed by atoms with van der Waals surface area (Å²) in [4.78, 5) is 11.7. The van der Waals surface area contributed by atoms with Crippen LogP contribution in [0, 0.1) is 5.92 Å². The number of ether oxygens (including phenoxy) is 1. The first-order chi connectivity index (χ1) is 12.2. The Labute approximate surface area is 165 Å². The van der Waals surface area contributed by atoms with E-state index in [0.717, 1.165) is 25.2 Å². The van der Waals surface area contributed by atoms with E-state index in [1.54, 1.807) is 0 Å². The van der Waals surface area contributed by atoms with Crippen molar-refractivity contribution in [3.8, 4) is 0 Å². The molecule has 0 heterocycles. The second-order valence-electron chi connectivity index (χ2n) is 7.93. The topological polar surface area (TPSA) is 26.3 Å². The molecule has 1 aliphatic rings. The van der Waals surface area contributed by atoms with Crippen LogP contribution in [0.15, 0.2) is 0 Å². The molecule has 1 unspecified atom stereocenters. The van der Waals surface area contributed by atoms with Gasteiger partial charge in [-0.2, -0.15) is 0 Å². The number of rotatable bonds is 14. The molecule has 0 amide bonds. The van der Waals surface area contributed by atoms with Crippen LogP contribution in [0.1, 0.15) is 117 Å². The summed E-state index contributed by atoms with van der Waals surface area (Å²) in [5.41, 5.74) is 0. The summed E-state index contributed by atoms with van der Waals surface area (Å²) in [6, 6.07) is 0. The van der Waals surface area contributed by atoms with E-state index in [-0.39, 0.29) is 16.9 Å². The zero-order valence-electron chi connectivity index (χ0n) is 16.7. The molecule has 0 aromatic carbocycles. The van der Waals surface area contributed by atoms with Gasteiger partial charge in [0.25, 0.3) is 0 Å². The molecular weight excluding hydrogens is 376 g/mol. The molecule has 3 heteroatoms. The number of carbonyl (C=O) groups excluding carboxylic acids is 1. The van der Waals surface area contributed by atoms with Gasteiger partial charge in [-0.25, -0.2) is 0 Å². The van der Waals surface area contributed by atoms with Gasteiger partial charge in [0.05, 0.1) is 0 Å². The van der Waals surface area contributed by atoms with Crippen molar-refractivity contribution in [3.05, 3.63) is 0 Å². The third-order valence-corrected chi connectivity index (χ3v) is 6.68. The van der Waals surface area contributed by atoms with Gasteiger partial charge >= 0.3 is 5.97 Å². The zero-order valence-corrected chi connectivity index (χ0v) is 18.3. The van der Waals surface area contributed by atoms with Gasteiger partial charge in [-0.1, -0.05) is 100 Å². The standard InChI is InChI=1S/C22H41BrO2/c1-3-5-6-7-8-9-10-11-12-13-14-19-15-17-20(18-16-19)25-22(24)21(23)4-2/h19-21H,3-18H2,1-2H3. The fourth-order valence-corrected chi connectivity index (χ4v) is 3.97. The lowest BCUT2D eigenvalue weighted by Gasteiger charge is -2.28. The molecule has 1 saturated carbocycles. The van der Waals surface area contributed by atoms with Crippen molar-refractivity contribution >= 4 is 21.9 Å². The van der Waals surface area contributed by atoms with Gasteiger partial charge in [-0.3, -0.25) is 4.79 Å². The van der Waals surface area contributed by atoms with Gasteiger partial charge in [0.1, 0.15) is 10.9 Å². The van der Waals surface area contributed by atoms with E-state index in [1.807, 2.05) is 6.92 Å². The molecule has 1 aliphatic carbocycles. The fourth-order valence-electron chi connectivity index (χ4n) is 3.86. The summed E-state index contributed by atoms with van der Waals surface area (Å²) >= 11 is 3.38. The van der Waals surface area contributed by atoms with E-state index in [1.165, 1.54) is 83.5 Å². The first-order valence-corrected chi connectivity index (χ1v) is 11.9. The molecule has 0 bridgehead atoms. The SMILES string of the molecule is CCCCCCCCCCCCC1CCC(OC(=O)C(Br)CC)CC1. The van der Waals surface area contributed by atoms with E-state index >= 15 is 0 Å². The summed E-state index contributed by atoms with van der Waals surface area (Å²) in [5, 5.41) is 0. The number of esters is 1. The minimum atomic E-state index is -0.128. The Morgan fingerprint density at radius 1 is 0.880 bits per heavy atom. The number of hydrogen-bond donors (Lipinski definition) is 0. The van der Waals surface area contributed by atoms with Gasteiger partial charge in [-0.05, 0) is 38.0 Å². The van der Waals surface area contributed by atoms with Crippen LogP contribution in [0.5, 0.6) is 0 Å². The van der Waals surface area contributed by atoms with Gasteiger partial charge in [-0.15, -0.1) is 0 Å². The average molecular weight is 417 g/mol. The molecule has 1 rings (SSSR count). The van der Waals surface area contributed by atoms with Crippen molar-refractivity contribution < 1.29 is 9.53 Å². The highest BCUT2D eigenvalue weighted by Gasteiger charge is 2.25. The summed E-state index contributed by atoms with van der Waals surface area (Å²) in [7, 11) is 0. The lowest BCUT2D eigenvalue weighted by atomic mass is 9.84. The Morgan fingerprint density at radius 2 is 1.40 bits per heavy atom. The van der Waals surface area contributed by atoms with Crippen molar-refractivity contribution in [2.24, 2.45) is 5.92 Å². The molecule has 0 aromatic heterocycles. The van der Waals surface area contributed by atoms with Crippen LogP contribution in [-0.4, -0.2) is 16.9 Å². The second kappa shape index (κ2) is 15.1. The van der Waals surface area contributed by atoms with E-state index < -0.39 is 0 Å². The number of hydrogen-bond acceptors (Lipinski definition) is 2. The third kappa shape index (κ3) is 11.3. The minimum Gasteiger partial charge on any atom is -0.462 e. The van der Waals surface area contributed by atoms with E-state index in [0.29, 0.717) is 0 Å². The van der Waals surface area contributed by atoms with Crippen LogP contribution in [-0.2, 0) is 9.53 Å². The van der Waals surface area contributed by atoms with E-state index in [9.17, 15) is 4.79 Å². The molecule has 25 heavy (non-hydrogen) atoms. The maximum Gasteiger partial charge on any atom is 0.319 e. The van der Waals surface area contributed by atoms with Crippen LogP contribution in [0.25, 0.3) is 0 Å². The van der Waals surface area contributed by atoms with Crippen molar-refractivity contribution in [1.82, 2.24) is 0 Å². The molecule has 0 aliphatic heterocycles. The molecule has 1 fully saturated rings. The predicted molar refractivity (Wildman–Crippen MR) is 111 cm³/mol. The van der Waals surface area contributed by atoms with Crippen molar-refractivity contribution in [2.75, 3.05) is 0 Å². The number of unbranched alkanes of at least 4 members (excludes halogenated alkanes) is 9. The van der Waals surface area contributed by atoms with Crippen LogP contribution < -0.4 is 0 Å². The number of halogens is 1. The molecule has 0 spiro atoms. The Morgan fingerprint density at radius 3 is 1.92 bits per heavy atom. The maximum atomic E-state index is 11.8. The van der Waals surface area contributed by atoms with Crippen LogP contribution >= 0.6 is 15.9 Å². The zero-order chi connectivity index (χ0) is 18.3. The van der Waals surface area contributed by atoms with Gasteiger partial charge < -0.3 is 4.74 Å². The third-order valence-electron chi connectivity index (χ3n) is 5.66. The van der Waals surface area contributed by atoms with Crippen molar-refractivity contribution in [3.63, 3.8) is 0 Å². The summed E-state index contributed by atoms with van der Waals surface area (Å²) in [6.45, 7) is 4.29. The summed E-state index contributed by atoms with van der Waals surface area (Å²) in [5.74, 6) is 0.801. The first-order valence-electron chi connectivity index (χ1n) is 11.0. The molecule has 0 radical (unpaired) electrons. The molecule has 0 aromatic rings. The second-order valence-corrected chi connectivity index (χ2v) is 9.03. The lowest BCUT2D eigenvalue weighted by molar-refractivity contribution is -0.150. The van der Waals surface area contributed by atoms with E-state index in [4.69, 9.17) is 4.74 Å². The van der Waals surface area contributed by atoms with Crippen molar-refractivity contribution in [1.29, 1.82) is 0 Å². The van der Waals surface area contributed by atoms with Crippen LogP contribution in [0.3, 0.4) is 0 Å². The average Bonchev–Trinajstić information content (AvgIpc) is 2.63. The largest absolute Gasteiger partial charge is 0.462 e. The minimum absolute atomic E-state index is 0.0688. The van der Waals surface area contributed by atoms with E-state index in [2.05, 4.69) is 22.9 Å². The first kappa shape index (κ1) is 23.0. The van der Waals surface area contributed by atoms with Crippen molar-refractivity contribution in [2.45, 2.75) is 128 Å². The van der Waals surface area contributed by atoms with Gasteiger partial charge in [0.2, 0.25) is 0 Å². The predicted octanol–water partition coefficient (Wildman–Crippen LogP) is 7.57. The highest BCUT2D eigenvalue weighted by molar-refractivity contribution is 9.10.